The highest BCUT2D eigenvalue weighted by molar-refractivity contribution is 7.09. The summed E-state index contributed by atoms with van der Waals surface area (Å²) in [5, 5.41) is 3.52. The lowest BCUT2D eigenvalue weighted by molar-refractivity contribution is 0.0741. The molecular formula is C23H25ClN2O2S. The van der Waals surface area contributed by atoms with Gasteiger partial charge >= 0.3 is 0 Å². The van der Waals surface area contributed by atoms with Crippen molar-refractivity contribution in [3.63, 3.8) is 0 Å². The quantitative estimate of drug-likeness (QED) is 0.439. The summed E-state index contributed by atoms with van der Waals surface area (Å²) in [7, 11) is 0. The van der Waals surface area contributed by atoms with Crippen molar-refractivity contribution in [3.8, 4) is 5.75 Å². The topological polar surface area (TPSA) is 42.4 Å². The van der Waals surface area contributed by atoms with Crippen molar-refractivity contribution in [1.29, 1.82) is 0 Å². The van der Waals surface area contributed by atoms with E-state index in [0.717, 1.165) is 22.9 Å². The van der Waals surface area contributed by atoms with Crippen LogP contribution in [0.25, 0.3) is 0 Å². The van der Waals surface area contributed by atoms with Crippen LogP contribution in [0.15, 0.2) is 47.8 Å². The normalized spacial score (nSPS) is 10.8. The Morgan fingerprint density at radius 1 is 1.14 bits per heavy atom. The van der Waals surface area contributed by atoms with Crippen LogP contribution in [0, 0.1) is 13.8 Å². The first-order valence-electron chi connectivity index (χ1n) is 9.64. The molecule has 0 saturated carbocycles. The van der Waals surface area contributed by atoms with Crippen LogP contribution in [0.4, 0.5) is 0 Å². The molecular weight excluding hydrogens is 404 g/mol. The number of ether oxygens (including phenoxy) is 1. The van der Waals surface area contributed by atoms with Gasteiger partial charge in [-0.25, -0.2) is 4.98 Å². The number of carbonyl (C=O) groups is 1. The zero-order valence-corrected chi connectivity index (χ0v) is 18.5. The van der Waals surface area contributed by atoms with Gasteiger partial charge < -0.3 is 9.64 Å². The largest absolute Gasteiger partial charge is 0.486 e. The van der Waals surface area contributed by atoms with E-state index in [2.05, 4.69) is 31.8 Å². The minimum atomic E-state index is -0.00967. The molecule has 6 heteroatoms. The third-order valence-corrected chi connectivity index (χ3v) is 5.50. The van der Waals surface area contributed by atoms with Gasteiger partial charge in [-0.3, -0.25) is 4.79 Å². The summed E-state index contributed by atoms with van der Waals surface area (Å²) in [5.74, 6) is 0.842. The van der Waals surface area contributed by atoms with E-state index in [1.807, 2.05) is 22.4 Å². The van der Waals surface area contributed by atoms with Crippen molar-refractivity contribution in [1.82, 2.24) is 9.88 Å². The summed E-state index contributed by atoms with van der Waals surface area (Å²) in [4.78, 5) is 19.4. The maximum absolute atomic E-state index is 12.9. The Hall–Kier alpha value is -2.37. The molecule has 0 aliphatic heterocycles. The number of carbonyl (C=O) groups excluding carboxylic acids is 1. The molecule has 29 heavy (non-hydrogen) atoms. The third kappa shape index (κ3) is 6.05. The van der Waals surface area contributed by atoms with Crippen LogP contribution in [0.5, 0.6) is 5.75 Å². The van der Waals surface area contributed by atoms with E-state index < -0.39 is 0 Å². The van der Waals surface area contributed by atoms with E-state index in [-0.39, 0.29) is 5.91 Å². The molecule has 0 radical (unpaired) electrons. The highest BCUT2D eigenvalue weighted by Crippen LogP contribution is 2.20. The molecule has 4 nitrogen and oxygen atoms in total. The van der Waals surface area contributed by atoms with Crippen molar-refractivity contribution in [3.05, 3.63) is 80.3 Å². The van der Waals surface area contributed by atoms with Crippen LogP contribution in [0.2, 0.25) is 5.02 Å². The molecule has 0 bridgehead atoms. The molecule has 3 aromatic rings. The van der Waals surface area contributed by atoms with Gasteiger partial charge in [0.2, 0.25) is 0 Å². The molecule has 1 heterocycles. The number of hydrogen-bond acceptors (Lipinski definition) is 4. The molecule has 0 atom stereocenters. The molecule has 152 valence electrons. The fourth-order valence-electron chi connectivity index (χ4n) is 3.14. The Bertz CT molecular complexity index is 949. The van der Waals surface area contributed by atoms with E-state index in [1.54, 1.807) is 35.6 Å². The van der Waals surface area contributed by atoms with Crippen LogP contribution >= 0.6 is 22.9 Å². The smallest absolute Gasteiger partial charge is 0.254 e. The number of benzene rings is 2. The Kier molecular flexibility index (Phi) is 7.29. The van der Waals surface area contributed by atoms with E-state index in [4.69, 9.17) is 16.3 Å². The Morgan fingerprint density at radius 2 is 1.83 bits per heavy atom. The Labute approximate surface area is 181 Å². The average Bonchev–Trinajstić information content (AvgIpc) is 3.13. The van der Waals surface area contributed by atoms with Gasteiger partial charge in [0.1, 0.15) is 17.4 Å². The van der Waals surface area contributed by atoms with Gasteiger partial charge in [-0.15, -0.1) is 11.3 Å². The zero-order valence-electron chi connectivity index (χ0n) is 16.9. The fourth-order valence-corrected chi connectivity index (χ4v) is 3.96. The summed E-state index contributed by atoms with van der Waals surface area (Å²) >= 11 is 7.49. The molecule has 0 aliphatic carbocycles. The van der Waals surface area contributed by atoms with Crippen molar-refractivity contribution in [2.75, 3.05) is 6.54 Å². The van der Waals surface area contributed by atoms with Crippen molar-refractivity contribution in [2.45, 2.75) is 40.3 Å². The molecule has 0 aliphatic rings. The summed E-state index contributed by atoms with van der Waals surface area (Å²) < 4.78 is 5.90. The SMILES string of the molecule is CCCN(Cc1csc(COc2cc(C)cc(C)c2)n1)C(=O)c1ccc(Cl)cc1. The first kappa shape index (κ1) is 21.3. The minimum absolute atomic E-state index is 0.00967. The van der Waals surface area contributed by atoms with Gasteiger partial charge in [0, 0.05) is 22.5 Å². The van der Waals surface area contributed by atoms with Gasteiger partial charge in [0.05, 0.1) is 12.2 Å². The number of hydrogen-bond donors (Lipinski definition) is 0. The predicted molar refractivity (Wildman–Crippen MR) is 119 cm³/mol. The van der Waals surface area contributed by atoms with Gasteiger partial charge in [0.15, 0.2) is 0 Å². The molecule has 0 N–H and O–H groups in total. The molecule has 1 amide bonds. The number of nitrogens with zero attached hydrogens (tertiary/aromatic N) is 2. The van der Waals surface area contributed by atoms with Crippen LogP contribution in [-0.4, -0.2) is 22.3 Å². The van der Waals surface area contributed by atoms with Gasteiger partial charge in [-0.1, -0.05) is 24.6 Å². The summed E-state index contributed by atoms with van der Waals surface area (Å²) in [6.07, 6.45) is 0.881. The zero-order chi connectivity index (χ0) is 20.8. The molecule has 2 aromatic carbocycles. The number of aryl methyl sites for hydroxylation is 2. The monoisotopic (exact) mass is 428 g/mol. The standard InChI is InChI=1S/C23H25ClN2O2S/c1-4-9-26(23(27)18-5-7-19(24)8-6-18)13-20-15-29-22(25-20)14-28-21-11-16(2)10-17(3)12-21/h5-8,10-12,15H,4,9,13-14H2,1-3H3. The van der Waals surface area contributed by atoms with Crippen LogP contribution in [0.3, 0.4) is 0 Å². The maximum atomic E-state index is 12.9. The lowest BCUT2D eigenvalue weighted by Crippen LogP contribution is -2.31. The summed E-state index contributed by atoms with van der Waals surface area (Å²) in [5.41, 5.74) is 3.87. The van der Waals surface area contributed by atoms with Crippen molar-refractivity contribution >= 4 is 28.8 Å². The fraction of sp³-hybridized carbons (Fsp3) is 0.304. The predicted octanol–water partition coefficient (Wildman–Crippen LogP) is 6.04. The van der Waals surface area contributed by atoms with E-state index in [9.17, 15) is 4.79 Å². The number of thiazole rings is 1. The second-order valence-corrected chi connectivity index (χ2v) is 8.46. The van der Waals surface area contributed by atoms with Crippen molar-refractivity contribution in [2.24, 2.45) is 0 Å². The van der Waals surface area contributed by atoms with Crippen LogP contribution in [-0.2, 0) is 13.2 Å². The molecule has 0 saturated heterocycles. The highest BCUT2D eigenvalue weighted by atomic mass is 35.5. The molecule has 1 aromatic heterocycles. The third-order valence-electron chi connectivity index (χ3n) is 4.38. The van der Waals surface area contributed by atoms with Crippen LogP contribution < -0.4 is 4.74 Å². The van der Waals surface area contributed by atoms with E-state index in [0.29, 0.717) is 30.3 Å². The second-order valence-electron chi connectivity index (χ2n) is 7.08. The second kappa shape index (κ2) is 9.90. The maximum Gasteiger partial charge on any atom is 0.254 e. The molecule has 0 unspecified atom stereocenters. The summed E-state index contributed by atoms with van der Waals surface area (Å²) in [6, 6.07) is 13.2. The molecule has 3 rings (SSSR count). The highest BCUT2D eigenvalue weighted by Gasteiger charge is 2.17. The molecule has 0 spiro atoms. The minimum Gasteiger partial charge on any atom is -0.486 e. The summed E-state index contributed by atoms with van der Waals surface area (Å²) in [6.45, 7) is 7.75. The number of aromatic nitrogens is 1. The van der Waals surface area contributed by atoms with E-state index >= 15 is 0 Å². The first-order chi connectivity index (χ1) is 13.9. The van der Waals surface area contributed by atoms with Crippen LogP contribution in [0.1, 0.15) is 45.5 Å². The first-order valence-corrected chi connectivity index (χ1v) is 10.9. The Morgan fingerprint density at radius 3 is 2.48 bits per heavy atom. The van der Waals surface area contributed by atoms with E-state index in [1.165, 1.54) is 11.1 Å². The number of halogens is 1. The van der Waals surface area contributed by atoms with Crippen molar-refractivity contribution < 1.29 is 9.53 Å². The lowest BCUT2D eigenvalue weighted by Gasteiger charge is -2.21. The average molecular weight is 429 g/mol. The van der Waals surface area contributed by atoms with Gasteiger partial charge in [0.25, 0.3) is 5.91 Å². The lowest BCUT2D eigenvalue weighted by atomic mass is 10.1. The Balaban J connectivity index is 1.64. The number of amides is 1. The van der Waals surface area contributed by atoms with Gasteiger partial charge in [-0.2, -0.15) is 0 Å². The number of rotatable bonds is 8. The molecule has 0 fully saturated rings. The van der Waals surface area contributed by atoms with Gasteiger partial charge in [-0.05, 0) is 67.8 Å².